The van der Waals surface area contributed by atoms with Gasteiger partial charge in [0.15, 0.2) is 0 Å². The maximum absolute atomic E-state index is 13.5. The number of carbonyl (C=O) groups is 2. The summed E-state index contributed by atoms with van der Waals surface area (Å²) in [6, 6.07) is 17.2. The summed E-state index contributed by atoms with van der Waals surface area (Å²) in [5.41, 5.74) is 0.599. The highest BCUT2D eigenvalue weighted by Crippen LogP contribution is 2.36. The largest absolute Gasteiger partial charge is 0.496 e. The molecule has 2 fully saturated rings. The number of anilines is 1. The number of benzene rings is 3. The quantitative estimate of drug-likeness (QED) is 0.565. The van der Waals surface area contributed by atoms with Gasteiger partial charge in [-0.1, -0.05) is 24.3 Å². The maximum atomic E-state index is 13.5. The highest BCUT2D eigenvalue weighted by atomic mass is 19.1. The highest BCUT2D eigenvalue weighted by Gasteiger charge is 2.46. The van der Waals surface area contributed by atoms with Crippen molar-refractivity contribution in [2.75, 3.05) is 31.6 Å². The molecule has 2 heterocycles. The normalized spacial score (nSPS) is 20.7. The number of amides is 2. The molecular formula is C26H25FN2O4. The number of likely N-dealkylation sites (tertiary alicyclic amines) is 1. The van der Waals surface area contributed by atoms with Crippen LogP contribution < -0.4 is 9.64 Å². The van der Waals surface area contributed by atoms with Crippen molar-refractivity contribution >= 4 is 28.5 Å². The molecule has 0 aliphatic carbocycles. The SMILES string of the molecule is COc1ccc(C(=O)N2CCC[C@]3(CC2)CN(c2ccc(F)cc2)C(=O)O3)c2ccccc12. The van der Waals surface area contributed by atoms with Crippen molar-refractivity contribution in [3.8, 4) is 5.75 Å². The molecule has 1 spiro atoms. The lowest BCUT2D eigenvalue weighted by molar-refractivity contribution is 0.0439. The highest BCUT2D eigenvalue weighted by molar-refractivity contribution is 6.08. The molecule has 7 heteroatoms. The molecular weight excluding hydrogens is 423 g/mol. The Labute approximate surface area is 191 Å². The molecule has 0 aromatic heterocycles. The van der Waals surface area contributed by atoms with Gasteiger partial charge < -0.3 is 14.4 Å². The van der Waals surface area contributed by atoms with E-state index in [4.69, 9.17) is 9.47 Å². The first-order chi connectivity index (χ1) is 16.0. The maximum Gasteiger partial charge on any atom is 0.415 e. The fourth-order valence-electron chi connectivity index (χ4n) is 4.88. The first-order valence-electron chi connectivity index (χ1n) is 11.1. The van der Waals surface area contributed by atoms with Crippen LogP contribution >= 0.6 is 0 Å². The number of hydrogen-bond acceptors (Lipinski definition) is 4. The standard InChI is InChI=1S/C26H25FN2O4/c1-32-23-12-11-22(20-5-2-3-6-21(20)23)24(30)28-15-4-13-26(14-16-28)17-29(25(31)33-26)19-9-7-18(27)8-10-19/h2-3,5-12H,4,13-17H2,1H3/t26-/m0/s1. The minimum atomic E-state index is -0.650. The topological polar surface area (TPSA) is 59.1 Å². The molecule has 2 amide bonds. The van der Waals surface area contributed by atoms with Gasteiger partial charge in [-0.05, 0) is 54.6 Å². The number of nitrogens with zero attached hydrogens (tertiary/aromatic N) is 2. The summed E-state index contributed by atoms with van der Waals surface area (Å²) in [6.07, 6.45) is 1.52. The Bertz CT molecular complexity index is 1210. The van der Waals surface area contributed by atoms with Gasteiger partial charge in [-0.3, -0.25) is 9.69 Å². The second-order valence-electron chi connectivity index (χ2n) is 8.62. The van der Waals surface area contributed by atoms with Crippen molar-refractivity contribution in [1.29, 1.82) is 0 Å². The molecule has 0 unspecified atom stereocenters. The summed E-state index contributed by atoms with van der Waals surface area (Å²) in [5, 5.41) is 1.76. The van der Waals surface area contributed by atoms with E-state index in [0.29, 0.717) is 43.7 Å². The van der Waals surface area contributed by atoms with Crippen LogP contribution in [0.25, 0.3) is 10.8 Å². The van der Waals surface area contributed by atoms with Gasteiger partial charge in [0.05, 0.1) is 13.7 Å². The van der Waals surface area contributed by atoms with Crippen molar-refractivity contribution in [3.63, 3.8) is 0 Å². The monoisotopic (exact) mass is 448 g/mol. The molecule has 2 saturated heterocycles. The zero-order chi connectivity index (χ0) is 23.0. The minimum Gasteiger partial charge on any atom is -0.496 e. The number of fused-ring (bicyclic) bond motifs is 1. The molecule has 2 aliphatic rings. The van der Waals surface area contributed by atoms with E-state index in [1.54, 1.807) is 24.1 Å². The fraction of sp³-hybridized carbons (Fsp3) is 0.308. The third-order valence-electron chi connectivity index (χ3n) is 6.63. The van der Waals surface area contributed by atoms with E-state index in [1.165, 1.54) is 12.1 Å². The lowest BCUT2D eigenvalue weighted by atomic mass is 9.95. The molecule has 0 N–H and O–H groups in total. The molecule has 1 atom stereocenters. The Kier molecular flexibility index (Phi) is 5.40. The van der Waals surface area contributed by atoms with Gasteiger partial charge in [-0.2, -0.15) is 0 Å². The first kappa shape index (κ1) is 21.2. The Hall–Kier alpha value is -3.61. The van der Waals surface area contributed by atoms with Crippen LogP contribution in [-0.2, 0) is 4.74 Å². The molecule has 33 heavy (non-hydrogen) atoms. The van der Waals surface area contributed by atoms with Crippen LogP contribution in [0, 0.1) is 5.82 Å². The van der Waals surface area contributed by atoms with Gasteiger partial charge >= 0.3 is 6.09 Å². The molecule has 0 saturated carbocycles. The van der Waals surface area contributed by atoms with Crippen LogP contribution in [0.1, 0.15) is 29.6 Å². The van der Waals surface area contributed by atoms with Crippen LogP contribution in [0.15, 0.2) is 60.7 Å². The summed E-state index contributed by atoms with van der Waals surface area (Å²) >= 11 is 0. The van der Waals surface area contributed by atoms with Crippen LogP contribution in [0.4, 0.5) is 14.9 Å². The summed E-state index contributed by atoms with van der Waals surface area (Å²) in [6.45, 7) is 1.48. The van der Waals surface area contributed by atoms with Crippen molar-refractivity contribution in [1.82, 2.24) is 4.90 Å². The Morgan fingerprint density at radius 2 is 1.76 bits per heavy atom. The van der Waals surface area contributed by atoms with Crippen LogP contribution in [0.5, 0.6) is 5.75 Å². The fourth-order valence-corrected chi connectivity index (χ4v) is 4.88. The lowest BCUT2D eigenvalue weighted by Gasteiger charge is -2.26. The van der Waals surface area contributed by atoms with E-state index in [0.717, 1.165) is 22.9 Å². The van der Waals surface area contributed by atoms with Crippen molar-refractivity contribution in [3.05, 3.63) is 72.0 Å². The number of methoxy groups -OCH3 is 1. The van der Waals surface area contributed by atoms with E-state index < -0.39 is 11.7 Å². The molecule has 170 valence electrons. The third-order valence-corrected chi connectivity index (χ3v) is 6.63. The van der Waals surface area contributed by atoms with E-state index in [9.17, 15) is 14.0 Å². The Balaban J connectivity index is 1.35. The molecule has 2 aliphatic heterocycles. The lowest BCUT2D eigenvalue weighted by Crippen LogP contribution is -2.37. The van der Waals surface area contributed by atoms with Gasteiger partial charge in [0.1, 0.15) is 17.2 Å². The minimum absolute atomic E-state index is 0.0365. The van der Waals surface area contributed by atoms with Crippen LogP contribution in [0.2, 0.25) is 0 Å². The Morgan fingerprint density at radius 1 is 1.00 bits per heavy atom. The summed E-state index contributed by atoms with van der Waals surface area (Å²) in [7, 11) is 1.62. The van der Waals surface area contributed by atoms with E-state index in [1.807, 2.05) is 41.3 Å². The predicted molar refractivity (Wildman–Crippen MR) is 123 cm³/mol. The average molecular weight is 448 g/mol. The van der Waals surface area contributed by atoms with Gasteiger partial charge in [0.25, 0.3) is 5.91 Å². The second kappa shape index (κ2) is 8.39. The molecule has 5 rings (SSSR count). The summed E-state index contributed by atoms with van der Waals surface area (Å²) in [4.78, 5) is 29.5. The third kappa shape index (κ3) is 3.88. The number of carbonyl (C=O) groups excluding carboxylic acids is 2. The van der Waals surface area contributed by atoms with E-state index in [2.05, 4.69) is 0 Å². The second-order valence-corrected chi connectivity index (χ2v) is 8.62. The average Bonchev–Trinajstić information content (AvgIpc) is 3.02. The zero-order valence-corrected chi connectivity index (χ0v) is 18.4. The number of rotatable bonds is 3. The zero-order valence-electron chi connectivity index (χ0n) is 18.4. The number of ether oxygens (including phenoxy) is 2. The van der Waals surface area contributed by atoms with Crippen molar-refractivity contribution < 1.29 is 23.5 Å². The number of hydrogen-bond donors (Lipinski definition) is 0. The molecule has 3 aromatic rings. The molecule has 0 radical (unpaired) electrons. The van der Waals surface area contributed by atoms with E-state index in [-0.39, 0.29) is 11.7 Å². The van der Waals surface area contributed by atoms with Gasteiger partial charge in [0.2, 0.25) is 0 Å². The van der Waals surface area contributed by atoms with Gasteiger partial charge in [-0.15, -0.1) is 0 Å². The van der Waals surface area contributed by atoms with Crippen molar-refractivity contribution in [2.24, 2.45) is 0 Å². The van der Waals surface area contributed by atoms with Crippen LogP contribution in [0.3, 0.4) is 0 Å². The smallest absolute Gasteiger partial charge is 0.415 e. The van der Waals surface area contributed by atoms with E-state index >= 15 is 0 Å². The Morgan fingerprint density at radius 3 is 2.52 bits per heavy atom. The number of halogens is 1. The molecule has 0 bridgehead atoms. The van der Waals surface area contributed by atoms with Crippen LogP contribution in [-0.4, -0.2) is 49.2 Å². The summed E-state index contributed by atoms with van der Waals surface area (Å²) < 4.78 is 24.6. The van der Waals surface area contributed by atoms with Gasteiger partial charge in [0, 0.05) is 36.1 Å². The first-order valence-corrected chi connectivity index (χ1v) is 11.1. The van der Waals surface area contributed by atoms with Crippen molar-refractivity contribution in [2.45, 2.75) is 24.9 Å². The molecule has 6 nitrogen and oxygen atoms in total. The molecule has 3 aromatic carbocycles. The van der Waals surface area contributed by atoms with Gasteiger partial charge in [-0.25, -0.2) is 9.18 Å². The predicted octanol–water partition coefficient (Wildman–Crippen LogP) is 5.01. The summed E-state index contributed by atoms with van der Waals surface area (Å²) in [5.74, 6) is 0.344.